The molecule has 0 amide bonds. The number of guanidine groups is 1. The number of nitrogens with zero attached hydrogens (tertiary/aromatic N) is 1. The average molecular weight is 307 g/mol. The van der Waals surface area contributed by atoms with E-state index >= 15 is 0 Å². The summed E-state index contributed by atoms with van der Waals surface area (Å²) in [4.78, 5) is 4.42. The van der Waals surface area contributed by atoms with Gasteiger partial charge in [0.05, 0.1) is 0 Å². The van der Waals surface area contributed by atoms with E-state index in [4.69, 9.17) is 4.74 Å². The van der Waals surface area contributed by atoms with Crippen molar-refractivity contribution in [3.05, 3.63) is 0 Å². The molecule has 3 rings (SSSR count). The van der Waals surface area contributed by atoms with E-state index in [2.05, 4.69) is 15.6 Å². The van der Waals surface area contributed by atoms with E-state index in [1.807, 2.05) is 7.05 Å². The molecular formula is C18H33N3O. The zero-order chi connectivity index (χ0) is 15.4. The zero-order valence-electron chi connectivity index (χ0n) is 14.4. The lowest BCUT2D eigenvalue weighted by Gasteiger charge is -2.42. The Kier molecular flexibility index (Phi) is 5.27. The summed E-state index contributed by atoms with van der Waals surface area (Å²) in [7, 11) is 3.69. The number of nitrogens with one attached hydrogen (secondary N) is 2. The van der Waals surface area contributed by atoms with Gasteiger partial charge in [-0.1, -0.05) is 6.42 Å². The fraction of sp³-hybridized carbons (Fsp3) is 0.944. The second kappa shape index (κ2) is 7.20. The molecule has 3 aliphatic rings. The van der Waals surface area contributed by atoms with Crippen molar-refractivity contribution in [1.29, 1.82) is 0 Å². The molecule has 0 atom stereocenters. The van der Waals surface area contributed by atoms with Crippen molar-refractivity contribution in [1.82, 2.24) is 10.6 Å². The number of hydrogen-bond donors (Lipinski definition) is 2. The van der Waals surface area contributed by atoms with Gasteiger partial charge in [-0.2, -0.15) is 0 Å². The van der Waals surface area contributed by atoms with Crippen molar-refractivity contribution in [3.63, 3.8) is 0 Å². The third kappa shape index (κ3) is 4.15. The lowest BCUT2D eigenvalue weighted by molar-refractivity contribution is 0.0732. The summed E-state index contributed by atoms with van der Waals surface area (Å²) in [5.41, 5.74) is 0.444. The van der Waals surface area contributed by atoms with Crippen LogP contribution in [0.25, 0.3) is 0 Å². The van der Waals surface area contributed by atoms with Gasteiger partial charge in [-0.05, 0) is 68.1 Å². The Balaban J connectivity index is 1.41. The van der Waals surface area contributed by atoms with E-state index < -0.39 is 0 Å². The minimum absolute atomic E-state index is 0.444. The van der Waals surface area contributed by atoms with E-state index in [0.717, 1.165) is 43.4 Å². The molecule has 2 N–H and O–H groups in total. The molecule has 0 aromatic heterocycles. The summed E-state index contributed by atoms with van der Waals surface area (Å²) < 4.78 is 5.28. The zero-order valence-corrected chi connectivity index (χ0v) is 14.4. The van der Waals surface area contributed by atoms with Crippen molar-refractivity contribution in [2.24, 2.45) is 28.2 Å². The Morgan fingerprint density at radius 3 is 2.32 bits per heavy atom. The van der Waals surface area contributed by atoms with Crippen LogP contribution >= 0.6 is 0 Å². The highest BCUT2D eigenvalue weighted by molar-refractivity contribution is 5.79. The van der Waals surface area contributed by atoms with Crippen LogP contribution in [-0.2, 0) is 4.74 Å². The summed E-state index contributed by atoms with van der Waals surface area (Å²) in [6, 6.07) is 0. The summed E-state index contributed by atoms with van der Waals surface area (Å²) in [6.45, 7) is 3.02. The largest absolute Gasteiger partial charge is 0.385 e. The minimum atomic E-state index is 0.444. The van der Waals surface area contributed by atoms with E-state index in [1.54, 1.807) is 7.11 Å². The highest BCUT2D eigenvalue weighted by atomic mass is 16.5. The highest BCUT2D eigenvalue weighted by Crippen LogP contribution is 2.48. The fourth-order valence-corrected chi connectivity index (χ4v) is 3.98. The van der Waals surface area contributed by atoms with Gasteiger partial charge in [-0.3, -0.25) is 4.99 Å². The van der Waals surface area contributed by atoms with Crippen molar-refractivity contribution < 1.29 is 4.74 Å². The van der Waals surface area contributed by atoms with Crippen molar-refractivity contribution in [2.75, 3.05) is 33.9 Å². The van der Waals surface area contributed by atoms with Gasteiger partial charge in [0.1, 0.15) is 0 Å². The van der Waals surface area contributed by atoms with Gasteiger partial charge in [0.2, 0.25) is 0 Å². The molecule has 22 heavy (non-hydrogen) atoms. The molecule has 3 fully saturated rings. The SMILES string of the molecule is CN=C(NCC(C1CC1)C1CC1)NCC1(CCOC)CCC1. The molecule has 0 bridgehead atoms. The number of rotatable bonds is 9. The number of hydrogen-bond acceptors (Lipinski definition) is 2. The molecule has 0 saturated heterocycles. The van der Waals surface area contributed by atoms with Crippen molar-refractivity contribution in [3.8, 4) is 0 Å². The molecule has 0 aromatic carbocycles. The van der Waals surface area contributed by atoms with Crippen LogP contribution in [0.4, 0.5) is 0 Å². The van der Waals surface area contributed by atoms with Gasteiger partial charge in [-0.25, -0.2) is 0 Å². The lowest BCUT2D eigenvalue weighted by Crippen LogP contribution is -2.48. The van der Waals surface area contributed by atoms with Crippen LogP contribution in [0.15, 0.2) is 4.99 Å². The molecule has 3 saturated carbocycles. The number of aliphatic imine (C=N–C) groups is 1. The first-order valence-corrected chi connectivity index (χ1v) is 9.20. The number of ether oxygens (including phenoxy) is 1. The molecule has 0 spiro atoms. The van der Waals surface area contributed by atoms with E-state index in [9.17, 15) is 0 Å². The Morgan fingerprint density at radius 1 is 1.18 bits per heavy atom. The molecule has 3 aliphatic carbocycles. The molecule has 0 heterocycles. The van der Waals surface area contributed by atoms with Crippen LogP contribution in [0.5, 0.6) is 0 Å². The minimum Gasteiger partial charge on any atom is -0.385 e. The van der Waals surface area contributed by atoms with E-state index in [1.165, 1.54) is 51.4 Å². The third-order valence-electron chi connectivity index (χ3n) is 6.07. The van der Waals surface area contributed by atoms with Gasteiger partial charge >= 0.3 is 0 Å². The molecule has 0 unspecified atom stereocenters. The van der Waals surface area contributed by atoms with Crippen LogP contribution in [0.1, 0.15) is 51.4 Å². The van der Waals surface area contributed by atoms with E-state index in [-0.39, 0.29) is 0 Å². The van der Waals surface area contributed by atoms with Gasteiger partial charge in [-0.15, -0.1) is 0 Å². The molecule has 0 aliphatic heterocycles. The molecule has 0 aromatic rings. The standard InChI is InChI=1S/C18H33N3O/c1-19-17(20-12-16(14-4-5-14)15-6-7-15)21-13-18(8-3-9-18)10-11-22-2/h14-16H,3-13H2,1-2H3,(H2,19,20,21). The maximum Gasteiger partial charge on any atom is 0.191 e. The molecule has 4 nitrogen and oxygen atoms in total. The predicted octanol–water partition coefficient (Wildman–Crippen LogP) is 2.79. The summed E-state index contributed by atoms with van der Waals surface area (Å²) >= 11 is 0. The molecule has 0 radical (unpaired) electrons. The Hall–Kier alpha value is -0.770. The first-order valence-electron chi connectivity index (χ1n) is 9.20. The molecule has 4 heteroatoms. The average Bonchev–Trinajstić information content (AvgIpc) is 3.37. The second-order valence-electron chi connectivity index (χ2n) is 7.74. The van der Waals surface area contributed by atoms with Crippen LogP contribution in [-0.4, -0.2) is 39.8 Å². The molecule has 126 valence electrons. The Bertz CT molecular complexity index is 372. The van der Waals surface area contributed by atoms with Crippen LogP contribution < -0.4 is 10.6 Å². The van der Waals surface area contributed by atoms with Crippen LogP contribution in [0, 0.1) is 23.2 Å². The summed E-state index contributed by atoms with van der Waals surface area (Å²) in [6.07, 6.45) is 11.0. The smallest absolute Gasteiger partial charge is 0.191 e. The lowest BCUT2D eigenvalue weighted by atomic mass is 9.67. The number of methoxy groups -OCH3 is 1. The summed E-state index contributed by atoms with van der Waals surface area (Å²) in [5, 5.41) is 7.18. The fourth-order valence-electron chi connectivity index (χ4n) is 3.98. The summed E-state index contributed by atoms with van der Waals surface area (Å²) in [5.74, 6) is 3.88. The monoisotopic (exact) mass is 307 g/mol. The molecular weight excluding hydrogens is 274 g/mol. The first kappa shape index (κ1) is 16.1. The maximum absolute atomic E-state index is 5.28. The highest BCUT2D eigenvalue weighted by Gasteiger charge is 2.41. The predicted molar refractivity (Wildman–Crippen MR) is 91.1 cm³/mol. The van der Waals surface area contributed by atoms with Crippen molar-refractivity contribution in [2.45, 2.75) is 51.4 Å². The van der Waals surface area contributed by atoms with Gasteiger partial charge in [0.15, 0.2) is 5.96 Å². The second-order valence-corrected chi connectivity index (χ2v) is 7.74. The quantitative estimate of drug-likeness (QED) is 0.508. The van der Waals surface area contributed by atoms with Crippen LogP contribution in [0.2, 0.25) is 0 Å². The Labute approximate surface area is 135 Å². The van der Waals surface area contributed by atoms with Crippen molar-refractivity contribution >= 4 is 5.96 Å². The normalized spacial score (nSPS) is 24.2. The topological polar surface area (TPSA) is 45.7 Å². The first-order chi connectivity index (χ1) is 10.8. The van der Waals surface area contributed by atoms with Crippen LogP contribution in [0.3, 0.4) is 0 Å². The van der Waals surface area contributed by atoms with E-state index in [0.29, 0.717) is 5.41 Å². The van der Waals surface area contributed by atoms with Gasteiger partial charge < -0.3 is 15.4 Å². The Morgan fingerprint density at radius 2 is 1.86 bits per heavy atom. The maximum atomic E-state index is 5.28. The third-order valence-corrected chi connectivity index (χ3v) is 6.07. The van der Waals surface area contributed by atoms with Gasteiger partial charge in [0.25, 0.3) is 0 Å². The van der Waals surface area contributed by atoms with Gasteiger partial charge in [0, 0.05) is 33.9 Å².